The number of non-ortho nitro benzene ring substituents is 1. The lowest BCUT2D eigenvalue weighted by Crippen LogP contribution is -1.93. The SMILES string of the molecule is Cc1ccc(-c2csc(N/N=C/c3cc([N+](=O)[O-])ccc3O)n2)cc1. The summed E-state index contributed by atoms with van der Waals surface area (Å²) in [6.45, 7) is 2.02. The Morgan fingerprint density at radius 2 is 2.04 bits per heavy atom. The number of nitrogens with one attached hydrogen (secondary N) is 1. The monoisotopic (exact) mass is 354 g/mol. The van der Waals surface area contributed by atoms with E-state index in [2.05, 4.69) is 15.5 Å². The van der Waals surface area contributed by atoms with E-state index in [-0.39, 0.29) is 17.0 Å². The molecule has 0 atom stereocenters. The zero-order valence-electron chi connectivity index (χ0n) is 13.2. The van der Waals surface area contributed by atoms with Crippen LogP contribution >= 0.6 is 11.3 Å². The topological polar surface area (TPSA) is 101 Å². The van der Waals surface area contributed by atoms with Gasteiger partial charge in [-0.2, -0.15) is 5.10 Å². The number of rotatable bonds is 5. The molecule has 126 valence electrons. The second-order valence-electron chi connectivity index (χ2n) is 5.27. The number of hydrogen-bond acceptors (Lipinski definition) is 7. The Labute approximate surface area is 147 Å². The van der Waals surface area contributed by atoms with E-state index in [0.29, 0.717) is 5.13 Å². The van der Waals surface area contributed by atoms with Crippen LogP contribution in [0, 0.1) is 17.0 Å². The molecular formula is C17H14N4O3S. The lowest BCUT2D eigenvalue weighted by molar-refractivity contribution is -0.384. The van der Waals surface area contributed by atoms with Crippen LogP contribution in [-0.4, -0.2) is 21.2 Å². The second kappa shape index (κ2) is 7.10. The van der Waals surface area contributed by atoms with Gasteiger partial charge in [-0.25, -0.2) is 4.98 Å². The standard InChI is InChI=1S/C17H14N4O3S/c1-11-2-4-12(5-3-11)15-10-25-17(19-15)20-18-9-13-8-14(21(23)24)6-7-16(13)22/h2-10,22H,1H3,(H,19,20)/b18-9+. The van der Waals surface area contributed by atoms with E-state index in [1.807, 2.05) is 36.6 Å². The fraction of sp³-hybridized carbons (Fsp3) is 0.0588. The molecule has 0 bridgehead atoms. The molecule has 25 heavy (non-hydrogen) atoms. The number of benzene rings is 2. The number of phenols is 1. The highest BCUT2D eigenvalue weighted by atomic mass is 32.1. The predicted molar refractivity (Wildman–Crippen MR) is 98.3 cm³/mol. The van der Waals surface area contributed by atoms with Crippen LogP contribution in [0.1, 0.15) is 11.1 Å². The molecule has 0 radical (unpaired) electrons. The maximum Gasteiger partial charge on any atom is 0.270 e. The molecule has 8 heteroatoms. The number of aryl methyl sites for hydroxylation is 1. The van der Waals surface area contributed by atoms with E-state index in [1.54, 1.807) is 0 Å². The van der Waals surface area contributed by atoms with Crippen LogP contribution in [0.4, 0.5) is 10.8 Å². The first-order valence-corrected chi connectivity index (χ1v) is 8.20. The molecule has 0 saturated carbocycles. The van der Waals surface area contributed by atoms with Crippen LogP contribution in [0.15, 0.2) is 52.9 Å². The fourth-order valence-electron chi connectivity index (χ4n) is 2.10. The van der Waals surface area contributed by atoms with Crippen molar-refractivity contribution >= 4 is 28.4 Å². The third-order valence-corrected chi connectivity index (χ3v) is 4.18. The maximum atomic E-state index is 10.8. The van der Waals surface area contributed by atoms with E-state index in [9.17, 15) is 15.2 Å². The van der Waals surface area contributed by atoms with Gasteiger partial charge in [-0.15, -0.1) is 11.3 Å². The first-order chi connectivity index (χ1) is 12.0. The lowest BCUT2D eigenvalue weighted by Gasteiger charge is -1.99. The molecule has 0 aliphatic heterocycles. The highest BCUT2D eigenvalue weighted by molar-refractivity contribution is 7.14. The summed E-state index contributed by atoms with van der Waals surface area (Å²) in [5, 5.41) is 27.0. The van der Waals surface area contributed by atoms with E-state index in [1.165, 1.54) is 41.3 Å². The quantitative estimate of drug-likeness (QED) is 0.407. The molecule has 2 N–H and O–H groups in total. The van der Waals surface area contributed by atoms with E-state index in [4.69, 9.17) is 0 Å². The summed E-state index contributed by atoms with van der Waals surface area (Å²) >= 11 is 1.39. The molecule has 7 nitrogen and oxygen atoms in total. The number of aromatic nitrogens is 1. The maximum absolute atomic E-state index is 10.8. The van der Waals surface area contributed by atoms with Gasteiger partial charge < -0.3 is 5.11 Å². The number of hydrogen-bond donors (Lipinski definition) is 2. The van der Waals surface area contributed by atoms with Crippen LogP contribution in [0.5, 0.6) is 5.75 Å². The van der Waals surface area contributed by atoms with Crippen molar-refractivity contribution in [2.24, 2.45) is 5.10 Å². The largest absolute Gasteiger partial charge is 0.507 e. The molecular weight excluding hydrogens is 340 g/mol. The highest BCUT2D eigenvalue weighted by Crippen LogP contribution is 2.25. The van der Waals surface area contributed by atoms with Crippen LogP contribution < -0.4 is 5.43 Å². The van der Waals surface area contributed by atoms with Crippen molar-refractivity contribution in [3.05, 3.63) is 69.1 Å². The van der Waals surface area contributed by atoms with Crippen LogP contribution in [0.3, 0.4) is 0 Å². The molecule has 2 aromatic carbocycles. The van der Waals surface area contributed by atoms with Crippen LogP contribution in [0.2, 0.25) is 0 Å². The van der Waals surface area contributed by atoms with Crippen molar-refractivity contribution in [2.75, 3.05) is 5.43 Å². The van der Waals surface area contributed by atoms with Gasteiger partial charge in [0.1, 0.15) is 5.75 Å². The minimum atomic E-state index is -0.529. The number of phenolic OH excluding ortho intramolecular Hbond substituents is 1. The Hall–Kier alpha value is -3.26. The molecule has 1 heterocycles. The molecule has 3 aromatic rings. The van der Waals surface area contributed by atoms with Gasteiger partial charge in [-0.3, -0.25) is 15.5 Å². The number of aromatic hydroxyl groups is 1. The fourth-order valence-corrected chi connectivity index (χ4v) is 2.77. The third-order valence-electron chi connectivity index (χ3n) is 3.44. The molecule has 0 fully saturated rings. The van der Waals surface area contributed by atoms with Gasteiger partial charge in [0.25, 0.3) is 5.69 Å². The van der Waals surface area contributed by atoms with Gasteiger partial charge in [0.2, 0.25) is 5.13 Å². The molecule has 0 unspecified atom stereocenters. The van der Waals surface area contributed by atoms with Gasteiger partial charge in [-0.1, -0.05) is 29.8 Å². The van der Waals surface area contributed by atoms with Gasteiger partial charge in [0.15, 0.2) is 0 Å². The summed E-state index contributed by atoms with van der Waals surface area (Å²) in [5.74, 6) is -0.0874. The zero-order valence-corrected chi connectivity index (χ0v) is 14.0. The Morgan fingerprint density at radius 3 is 2.76 bits per heavy atom. The summed E-state index contributed by atoms with van der Waals surface area (Å²) < 4.78 is 0. The van der Waals surface area contributed by atoms with Gasteiger partial charge in [0.05, 0.1) is 16.8 Å². The van der Waals surface area contributed by atoms with Crippen molar-refractivity contribution in [1.29, 1.82) is 0 Å². The average molecular weight is 354 g/mol. The van der Waals surface area contributed by atoms with E-state index < -0.39 is 4.92 Å². The summed E-state index contributed by atoms with van der Waals surface area (Å²) in [7, 11) is 0. The minimum Gasteiger partial charge on any atom is -0.507 e. The van der Waals surface area contributed by atoms with Crippen LogP contribution in [-0.2, 0) is 0 Å². The Balaban J connectivity index is 1.72. The van der Waals surface area contributed by atoms with Crippen LogP contribution in [0.25, 0.3) is 11.3 Å². The molecule has 0 spiro atoms. The van der Waals surface area contributed by atoms with Crippen molar-refractivity contribution in [2.45, 2.75) is 6.92 Å². The highest BCUT2D eigenvalue weighted by Gasteiger charge is 2.09. The number of thiazole rings is 1. The second-order valence-corrected chi connectivity index (χ2v) is 6.13. The summed E-state index contributed by atoms with van der Waals surface area (Å²) in [6, 6.07) is 11.8. The van der Waals surface area contributed by atoms with E-state index >= 15 is 0 Å². The molecule has 0 amide bonds. The molecule has 3 rings (SSSR count). The molecule has 0 aliphatic carbocycles. The summed E-state index contributed by atoms with van der Waals surface area (Å²) in [5.41, 5.74) is 5.92. The van der Waals surface area contributed by atoms with Crippen molar-refractivity contribution in [3.63, 3.8) is 0 Å². The number of nitro groups is 1. The molecule has 0 aliphatic rings. The Bertz CT molecular complexity index is 935. The number of nitro benzene ring substituents is 1. The zero-order chi connectivity index (χ0) is 17.8. The van der Waals surface area contributed by atoms with Gasteiger partial charge >= 0.3 is 0 Å². The molecule has 0 saturated heterocycles. The van der Waals surface area contributed by atoms with Crippen molar-refractivity contribution in [1.82, 2.24) is 4.98 Å². The third kappa shape index (κ3) is 3.99. The average Bonchev–Trinajstić information content (AvgIpc) is 3.06. The summed E-state index contributed by atoms with van der Waals surface area (Å²) in [4.78, 5) is 14.7. The van der Waals surface area contributed by atoms with Gasteiger partial charge in [-0.05, 0) is 13.0 Å². The lowest BCUT2D eigenvalue weighted by atomic mass is 10.1. The number of hydrazone groups is 1. The van der Waals surface area contributed by atoms with Crippen molar-refractivity contribution in [3.8, 4) is 17.0 Å². The smallest absolute Gasteiger partial charge is 0.270 e. The Kier molecular flexibility index (Phi) is 4.71. The predicted octanol–water partition coefficient (Wildman–Crippen LogP) is 4.18. The molecule has 1 aromatic heterocycles. The first kappa shape index (κ1) is 16.6. The Morgan fingerprint density at radius 1 is 1.28 bits per heavy atom. The van der Waals surface area contributed by atoms with Gasteiger partial charge in [0, 0.05) is 28.6 Å². The number of nitrogens with zero attached hydrogens (tertiary/aromatic N) is 3. The minimum absolute atomic E-state index is 0.0874. The van der Waals surface area contributed by atoms with Crippen molar-refractivity contribution < 1.29 is 10.0 Å². The number of anilines is 1. The summed E-state index contributed by atoms with van der Waals surface area (Å²) in [6.07, 6.45) is 1.31. The van der Waals surface area contributed by atoms with E-state index in [0.717, 1.165) is 11.3 Å². The normalized spacial score (nSPS) is 10.9. The first-order valence-electron chi connectivity index (χ1n) is 7.32.